The minimum atomic E-state index is -0.845. The molecule has 0 atom stereocenters. The molecule has 0 aliphatic carbocycles. The summed E-state index contributed by atoms with van der Waals surface area (Å²) in [5.41, 5.74) is 7.74. The van der Waals surface area contributed by atoms with Crippen LogP contribution in [0.3, 0.4) is 0 Å². The van der Waals surface area contributed by atoms with Crippen molar-refractivity contribution in [3.8, 4) is 5.69 Å². The van der Waals surface area contributed by atoms with Crippen molar-refractivity contribution in [2.75, 3.05) is 0 Å². The van der Waals surface area contributed by atoms with E-state index in [2.05, 4.69) is 10.0 Å². The number of nitro groups is 1. The van der Waals surface area contributed by atoms with Crippen molar-refractivity contribution in [3.05, 3.63) is 85.5 Å². The molecule has 0 unspecified atom stereocenters. The van der Waals surface area contributed by atoms with E-state index in [1.54, 1.807) is 54.6 Å². The Morgan fingerprint density at radius 2 is 1.74 bits per heavy atom. The summed E-state index contributed by atoms with van der Waals surface area (Å²) in [5.74, 6) is 0. The fourth-order valence-corrected chi connectivity index (χ4v) is 2.46. The Kier molecular flexibility index (Phi) is 3.50. The Balaban J connectivity index is 2.59. The van der Waals surface area contributed by atoms with Gasteiger partial charge in [0.2, 0.25) is 0 Å². The predicted octanol–water partition coefficient (Wildman–Crippen LogP) is 3.84. The molecule has 8 heteroatoms. The van der Waals surface area contributed by atoms with Crippen LogP contribution in [-0.2, 0) is 0 Å². The van der Waals surface area contributed by atoms with Crippen LogP contribution >= 0.6 is 0 Å². The molecule has 1 heterocycles. The fraction of sp³-hybridized carbons (Fsp3) is 0. The number of hydrogen-bond acceptors (Lipinski definition) is 4. The van der Waals surface area contributed by atoms with Gasteiger partial charge in [-0.3, -0.25) is 19.5 Å². The summed E-state index contributed by atoms with van der Waals surface area (Å²) in [6, 6.07) is 15.1. The number of aromatic nitrogens is 1. The molecule has 0 aliphatic heterocycles. The highest BCUT2D eigenvalue weighted by molar-refractivity contribution is 5.95. The van der Waals surface area contributed by atoms with Crippen molar-refractivity contribution < 1.29 is 4.92 Å². The van der Waals surface area contributed by atoms with Gasteiger partial charge in [0.25, 0.3) is 0 Å². The molecule has 112 valence electrons. The molecule has 2 aromatic carbocycles. The molecule has 1 aromatic heterocycles. The molecule has 3 aromatic rings. The van der Waals surface area contributed by atoms with Gasteiger partial charge >= 0.3 is 11.2 Å². The topological polar surface area (TPSA) is 114 Å². The highest BCUT2D eigenvalue weighted by atomic mass is 16.6. The van der Waals surface area contributed by atoms with Gasteiger partial charge in [-0.15, -0.1) is 0 Å². The SMILES string of the molecule is [N-]=[N+]=Nc1c([N+](=O)[O-])c(=O)n(-c2ccccc2)c2ccccc12. The zero-order valence-electron chi connectivity index (χ0n) is 11.7. The lowest BCUT2D eigenvalue weighted by Gasteiger charge is -2.12. The first kappa shape index (κ1) is 14.3. The van der Waals surface area contributed by atoms with E-state index in [-0.39, 0.29) is 5.69 Å². The lowest BCUT2D eigenvalue weighted by molar-refractivity contribution is -0.385. The molecule has 0 N–H and O–H groups in total. The first-order valence-corrected chi connectivity index (χ1v) is 6.58. The highest BCUT2D eigenvalue weighted by Crippen LogP contribution is 2.33. The van der Waals surface area contributed by atoms with E-state index >= 15 is 0 Å². The second kappa shape index (κ2) is 5.63. The van der Waals surface area contributed by atoms with Crippen molar-refractivity contribution in [3.63, 3.8) is 0 Å². The highest BCUT2D eigenvalue weighted by Gasteiger charge is 2.25. The van der Waals surface area contributed by atoms with Gasteiger partial charge in [0.1, 0.15) is 5.69 Å². The summed E-state index contributed by atoms with van der Waals surface area (Å²) in [6.45, 7) is 0. The van der Waals surface area contributed by atoms with Crippen LogP contribution in [0.5, 0.6) is 0 Å². The van der Waals surface area contributed by atoms with Crippen LogP contribution in [0.2, 0.25) is 0 Å². The van der Waals surface area contributed by atoms with Crippen molar-refractivity contribution in [2.24, 2.45) is 5.11 Å². The fourth-order valence-electron chi connectivity index (χ4n) is 2.46. The van der Waals surface area contributed by atoms with Gasteiger partial charge in [0, 0.05) is 16.0 Å². The van der Waals surface area contributed by atoms with Gasteiger partial charge in [0.05, 0.1) is 10.4 Å². The van der Waals surface area contributed by atoms with E-state index in [4.69, 9.17) is 5.53 Å². The van der Waals surface area contributed by atoms with E-state index in [0.29, 0.717) is 16.6 Å². The monoisotopic (exact) mass is 307 g/mol. The van der Waals surface area contributed by atoms with Gasteiger partial charge < -0.3 is 0 Å². The minimum Gasteiger partial charge on any atom is -0.271 e. The molecule has 8 nitrogen and oxygen atoms in total. The van der Waals surface area contributed by atoms with E-state index in [0.717, 1.165) is 0 Å². The van der Waals surface area contributed by atoms with Crippen LogP contribution in [0.1, 0.15) is 0 Å². The Hall–Kier alpha value is -3.64. The lowest BCUT2D eigenvalue weighted by atomic mass is 10.1. The molecule has 0 amide bonds. The molecule has 0 radical (unpaired) electrons. The van der Waals surface area contributed by atoms with Gasteiger partial charge in [-0.25, -0.2) is 0 Å². The lowest BCUT2D eigenvalue weighted by Crippen LogP contribution is -2.21. The number of pyridine rings is 1. The molecule has 0 saturated carbocycles. The Bertz CT molecular complexity index is 1020. The maximum Gasteiger partial charge on any atom is 0.344 e. The molecular formula is C15H9N5O3. The number of benzene rings is 2. The van der Waals surface area contributed by atoms with Crippen LogP contribution in [0.4, 0.5) is 11.4 Å². The molecule has 23 heavy (non-hydrogen) atoms. The van der Waals surface area contributed by atoms with E-state index in [1.165, 1.54) is 4.57 Å². The number of hydrogen-bond donors (Lipinski definition) is 0. The van der Waals surface area contributed by atoms with Crippen LogP contribution in [-0.4, -0.2) is 9.49 Å². The number of rotatable bonds is 3. The van der Waals surface area contributed by atoms with Gasteiger partial charge in [0.15, 0.2) is 0 Å². The standard InChI is InChI=1S/C15H9N5O3/c16-18-17-13-11-8-4-5-9-12(11)19(10-6-2-1-3-7-10)15(21)14(13)20(22)23/h1-9H. The van der Waals surface area contributed by atoms with Crippen molar-refractivity contribution in [1.29, 1.82) is 0 Å². The smallest absolute Gasteiger partial charge is 0.271 e. The van der Waals surface area contributed by atoms with Crippen LogP contribution in [0, 0.1) is 10.1 Å². The largest absolute Gasteiger partial charge is 0.344 e. The summed E-state index contributed by atoms with van der Waals surface area (Å²) in [5, 5.41) is 15.1. The minimum absolute atomic E-state index is 0.273. The average molecular weight is 307 g/mol. The third-order valence-corrected chi connectivity index (χ3v) is 3.37. The van der Waals surface area contributed by atoms with E-state index in [1.807, 2.05) is 0 Å². The maximum atomic E-state index is 12.7. The van der Waals surface area contributed by atoms with Crippen LogP contribution in [0.25, 0.3) is 27.0 Å². The summed E-state index contributed by atoms with van der Waals surface area (Å²) in [6.07, 6.45) is 0. The van der Waals surface area contributed by atoms with E-state index in [9.17, 15) is 14.9 Å². The van der Waals surface area contributed by atoms with Crippen molar-refractivity contribution in [2.45, 2.75) is 0 Å². The molecule has 0 spiro atoms. The third-order valence-electron chi connectivity index (χ3n) is 3.37. The number of fused-ring (bicyclic) bond motifs is 1. The van der Waals surface area contributed by atoms with E-state index < -0.39 is 16.2 Å². The second-order valence-corrected chi connectivity index (χ2v) is 4.64. The van der Waals surface area contributed by atoms with Crippen LogP contribution in [0.15, 0.2) is 64.5 Å². The Morgan fingerprint density at radius 1 is 1.09 bits per heavy atom. The van der Waals surface area contributed by atoms with Crippen molar-refractivity contribution >= 4 is 22.3 Å². The molecular weight excluding hydrogens is 298 g/mol. The van der Waals surface area contributed by atoms with Crippen LogP contribution < -0.4 is 5.56 Å². The van der Waals surface area contributed by atoms with Crippen molar-refractivity contribution in [1.82, 2.24) is 4.57 Å². The summed E-state index contributed by atoms with van der Waals surface area (Å²) >= 11 is 0. The van der Waals surface area contributed by atoms with Gasteiger partial charge in [-0.2, -0.15) is 0 Å². The number of azide groups is 1. The Labute approximate surface area is 129 Å². The number of para-hydroxylation sites is 2. The molecule has 0 bridgehead atoms. The van der Waals surface area contributed by atoms with Gasteiger partial charge in [-0.05, 0) is 23.7 Å². The summed E-state index contributed by atoms with van der Waals surface area (Å²) in [7, 11) is 0. The molecule has 3 rings (SSSR count). The number of nitrogens with zero attached hydrogens (tertiary/aromatic N) is 5. The zero-order valence-corrected chi connectivity index (χ0v) is 11.7. The molecule has 0 aliphatic rings. The van der Waals surface area contributed by atoms with Gasteiger partial charge in [-0.1, -0.05) is 41.5 Å². The first-order valence-electron chi connectivity index (χ1n) is 6.58. The normalized spacial score (nSPS) is 10.3. The quantitative estimate of drug-likeness (QED) is 0.241. The predicted molar refractivity (Wildman–Crippen MR) is 85.0 cm³/mol. The summed E-state index contributed by atoms with van der Waals surface area (Å²) < 4.78 is 1.24. The third kappa shape index (κ3) is 2.29. The first-order chi connectivity index (χ1) is 11.1. The molecule has 0 saturated heterocycles. The Morgan fingerprint density at radius 3 is 2.39 bits per heavy atom. The average Bonchev–Trinajstić information content (AvgIpc) is 2.56. The molecule has 0 fully saturated rings. The maximum absolute atomic E-state index is 12.7. The summed E-state index contributed by atoms with van der Waals surface area (Å²) in [4.78, 5) is 25.8. The zero-order chi connectivity index (χ0) is 16.4. The second-order valence-electron chi connectivity index (χ2n) is 4.64.